The van der Waals surface area contributed by atoms with Crippen LogP contribution in [0.1, 0.15) is 45.4 Å². The molecule has 136 valence electrons. The Morgan fingerprint density at radius 3 is 1.87 bits per heavy atom. The molecule has 0 atom stereocenters. The smallest absolute Gasteiger partial charge is 0.268 e. The van der Waals surface area contributed by atoms with Gasteiger partial charge in [0.05, 0.1) is 13.2 Å². The Morgan fingerprint density at radius 2 is 1.39 bits per heavy atom. The van der Waals surface area contributed by atoms with E-state index in [2.05, 4.69) is 52.3 Å². The van der Waals surface area contributed by atoms with E-state index in [1.807, 2.05) is 6.08 Å². The van der Waals surface area contributed by atoms with Crippen molar-refractivity contribution in [1.82, 2.24) is 0 Å². The van der Waals surface area contributed by atoms with Crippen molar-refractivity contribution in [1.29, 1.82) is 0 Å². The zero-order valence-corrected chi connectivity index (χ0v) is 18.6. The summed E-state index contributed by atoms with van der Waals surface area (Å²) in [5, 5.41) is 0. The normalized spacial score (nSPS) is 13.9. The van der Waals surface area contributed by atoms with Crippen molar-refractivity contribution in [2.45, 2.75) is 84.7 Å². The van der Waals surface area contributed by atoms with E-state index in [9.17, 15) is 0 Å². The molecule has 0 saturated heterocycles. The van der Waals surface area contributed by atoms with E-state index in [1.165, 1.54) is 32.1 Å². The zero-order chi connectivity index (χ0) is 17.9. The van der Waals surface area contributed by atoms with Crippen LogP contribution >= 0.6 is 0 Å². The molecule has 0 N–H and O–H groups in total. The Morgan fingerprint density at radius 1 is 0.826 bits per heavy atom. The predicted octanol–water partition coefficient (Wildman–Crippen LogP) is 6.42. The molecule has 0 aromatic carbocycles. The summed E-state index contributed by atoms with van der Waals surface area (Å²) in [4.78, 5) is 0. The van der Waals surface area contributed by atoms with E-state index in [-0.39, 0.29) is 0 Å². The van der Waals surface area contributed by atoms with Gasteiger partial charge in [-0.05, 0) is 58.2 Å². The molecule has 0 heterocycles. The minimum atomic E-state index is -1.68. The highest BCUT2D eigenvalue weighted by Crippen LogP contribution is 2.18. The lowest BCUT2D eigenvalue weighted by Gasteiger charge is -2.23. The van der Waals surface area contributed by atoms with Crippen molar-refractivity contribution in [2.75, 3.05) is 7.11 Å². The number of methoxy groups -OCH3 is 1. The van der Waals surface area contributed by atoms with Crippen molar-refractivity contribution in [3.8, 4) is 0 Å². The van der Waals surface area contributed by atoms with Crippen molar-refractivity contribution >= 4 is 16.6 Å². The highest BCUT2D eigenvalue weighted by atomic mass is 28.4. The summed E-state index contributed by atoms with van der Waals surface area (Å²) in [6.45, 7) is 15.3. The summed E-state index contributed by atoms with van der Waals surface area (Å²) in [6.07, 6.45) is 11.6. The highest BCUT2D eigenvalue weighted by Gasteiger charge is 2.21. The van der Waals surface area contributed by atoms with E-state index >= 15 is 0 Å². The number of hydrogen-bond donors (Lipinski definition) is 0. The molecule has 0 aliphatic heterocycles. The molecular weight excluding hydrogens is 320 g/mol. The SMILES string of the molecule is CCCCCCC/C=C(/C=C(\OC)O[Si](C)(C)C)O[Si](C)(C)C. The third-order valence-corrected chi connectivity index (χ3v) is 4.61. The van der Waals surface area contributed by atoms with E-state index in [1.54, 1.807) is 7.11 Å². The molecule has 0 aliphatic carbocycles. The van der Waals surface area contributed by atoms with Crippen molar-refractivity contribution in [3.05, 3.63) is 23.9 Å². The third kappa shape index (κ3) is 14.6. The molecular formula is C18H38O3Si2. The van der Waals surface area contributed by atoms with Crippen LogP contribution < -0.4 is 0 Å². The molecule has 3 nitrogen and oxygen atoms in total. The summed E-state index contributed by atoms with van der Waals surface area (Å²) < 4.78 is 17.6. The standard InChI is InChI=1S/C18H38O3Si2/c1-9-10-11-12-13-14-15-17(20-22(3,4)5)16-18(19-2)21-23(6,7)8/h15-16H,9-14H2,1-8H3/b17-15-,18-16+. The number of ether oxygens (including phenoxy) is 1. The van der Waals surface area contributed by atoms with Crippen molar-refractivity contribution in [2.24, 2.45) is 0 Å². The highest BCUT2D eigenvalue weighted by molar-refractivity contribution is 6.70. The second-order valence-corrected chi connectivity index (χ2v) is 16.8. The van der Waals surface area contributed by atoms with Gasteiger partial charge in [-0.2, -0.15) is 0 Å². The minimum absolute atomic E-state index is 0.569. The first-order valence-electron chi connectivity index (χ1n) is 8.91. The molecule has 5 heteroatoms. The van der Waals surface area contributed by atoms with E-state index in [0.29, 0.717) is 5.95 Å². The molecule has 0 radical (unpaired) electrons. The van der Waals surface area contributed by atoms with Gasteiger partial charge in [-0.1, -0.05) is 32.6 Å². The average Bonchev–Trinajstić information content (AvgIpc) is 2.38. The van der Waals surface area contributed by atoms with Gasteiger partial charge in [-0.25, -0.2) is 0 Å². The fourth-order valence-electron chi connectivity index (χ4n) is 2.02. The maximum atomic E-state index is 6.19. The predicted molar refractivity (Wildman–Crippen MR) is 105 cm³/mol. The Bertz CT molecular complexity index is 377. The monoisotopic (exact) mass is 358 g/mol. The molecule has 0 spiro atoms. The summed E-state index contributed by atoms with van der Waals surface area (Å²) in [6, 6.07) is 0. The van der Waals surface area contributed by atoms with Crippen LogP contribution in [0, 0.1) is 0 Å². The Balaban J connectivity index is 4.84. The molecule has 0 saturated carbocycles. The molecule has 0 aromatic heterocycles. The molecule has 0 rings (SSSR count). The van der Waals surface area contributed by atoms with Gasteiger partial charge in [-0.15, -0.1) is 0 Å². The maximum Gasteiger partial charge on any atom is 0.268 e. The third-order valence-electron chi connectivity index (χ3n) is 2.95. The van der Waals surface area contributed by atoms with Crippen LogP contribution in [0.4, 0.5) is 0 Å². The fourth-order valence-corrected chi connectivity index (χ4v) is 3.62. The maximum absolute atomic E-state index is 6.19. The molecule has 0 aromatic rings. The topological polar surface area (TPSA) is 27.7 Å². The van der Waals surface area contributed by atoms with Gasteiger partial charge in [0.25, 0.3) is 5.95 Å². The number of hydrogen-bond acceptors (Lipinski definition) is 3. The minimum Gasteiger partial charge on any atom is -0.544 e. The number of allylic oxidation sites excluding steroid dienone is 2. The summed E-state index contributed by atoms with van der Waals surface area (Å²) in [5.41, 5.74) is 0. The summed E-state index contributed by atoms with van der Waals surface area (Å²) >= 11 is 0. The second kappa shape index (κ2) is 11.0. The van der Waals surface area contributed by atoms with E-state index in [0.717, 1.165) is 12.2 Å². The molecule has 0 fully saturated rings. The van der Waals surface area contributed by atoms with Crippen LogP contribution in [0.5, 0.6) is 0 Å². The molecule has 0 bridgehead atoms. The van der Waals surface area contributed by atoms with Crippen LogP contribution in [-0.4, -0.2) is 23.7 Å². The van der Waals surface area contributed by atoms with E-state index in [4.69, 9.17) is 13.6 Å². The van der Waals surface area contributed by atoms with Gasteiger partial charge in [0.1, 0.15) is 5.76 Å². The van der Waals surface area contributed by atoms with Gasteiger partial charge in [0, 0.05) is 0 Å². The first kappa shape index (κ1) is 22.3. The molecule has 0 unspecified atom stereocenters. The van der Waals surface area contributed by atoms with Crippen LogP contribution in [0.3, 0.4) is 0 Å². The lowest BCUT2D eigenvalue weighted by atomic mass is 10.1. The Hall–Kier alpha value is -0.686. The van der Waals surface area contributed by atoms with Crippen LogP contribution in [0.15, 0.2) is 23.9 Å². The average molecular weight is 359 g/mol. The fraction of sp³-hybridized carbons (Fsp3) is 0.778. The van der Waals surface area contributed by atoms with Gasteiger partial charge in [0.2, 0.25) is 16.6 Å². The van der Waals surface area contributed by atoms with Gasteiger partial charge in [-0.3, -0.25) is 0 Å². The second-order valence-electron chi connectivity index (χ2n) is 7.91. The van der Waals surface area contributed by atoms with E-state index < -0.39 is 16.6 Å². The zero-order valence-electron chi connectivity index (χ0n) is 16.6. The quantitative estimate of drug-likeness (QED) is 0.174. The lowest BCUT2D eigenvalue weighted by molar-refractivity contribution is 0.145. The molecule has 0 aliphatic rings. The van der Waals surface area contributed by atoms with Gasteiger partial charge >= 0.3 is 0 Å². The largest absolute Gasteiger partial charge is 0.544 e. The van der Waals surface area contributed by atoms with Crippen molar-refractivity contribution in [3.63, 3.8) is 0 Å². The first-order chi connectivity index (χ1) is 10.6. The number of rotatable bonds is 12. The van der Waals surface area contributed by atoms with Gasteiger partial charge < -0.3 is 13.6 Å². The summed E-state index contributed by atoms with van der Waals surface area (Å²) in [5.74, 6) is 1.47. The van der Waals surface area contributed by atoms with Crippen LogP contribution in [-0.2, 0) is 13.6 Å². The van der Waals surface area contributed by atoms with Crippen LogP contribution in [0.2, 0.25) is 39.3 Å². The molecule has 23 heavy (non-hydrogen) atoms. The Kier molecular flexibility index (Phi) is 10.6. The van der Waals surface area contributed by atoms with Gasteiger partial charge in [0.15, 0.2) is 0 Å². The van der Waals surface area contributed by atoms with Crippen molar-refractivity contribution < 1.29 is 13.6 Å². The number of unbranched alkanes of at least 4 members (excludes halogenated alkanes) is 5. The summed E-state index contributed by atoms with van der Waals surface area (Å²) in [7, 11) is -1.68. The van der Waals surface area contributed by atoms with Crippen LogP contribution in [0.25, 0.3) is 0 Å². The Labute approximate surface area is 146 Å². The first-order valence-corrected chi connectivity index (χ1v) is 15.7. The molecule has 0 amide bonds. The lowest BCUT2D eigenvalue weighted by Crippen LogP contribution is -2.26.